The minimum absolute atomic E-state index is 0.0843. The van der Waals surface area contributed by atoms with Gasteiger partial charge in [0.2, 0.25) is 0 Å². The Labute approximate surface area is 152 Å². The maximum Gasteiger partial charge on any atom is 0.163 e. The molecule has 1 aromatic carbocycles. The molecule has 0 amide bonds. The Morgan fingerprint density at radius 2 is 1.68 bits per heavy atom. The van der Waals surface area contributed by atoms with E-state index in [1.807, 2.05) is 32.9 Å². The molecular weight excluding hydrogens is 366 g/mol. The molecule has 0 radical (unpaired) electrons. The van der Waals surface area contributed by atoms with E-state index in [0.29, 0.717) is 23.3 Å². The second-order valence-electron chi connectivity index (χ2n) is 5.29. The van der Waals surface area contributed by atoms with Crippen LogP contribution in [0, 0.1) is 5.92 Å². The molecule has 1 aromatic rings. The number of ether oxygens (including phenoxy) is 2. The maximum absolute atomic E-state index is 6.49. The SMILES string of the molecule is CCOC(OCC)C1C(c2cc(Cl)c(Cl)c(CC)c2)C1(Cl)Cl. The van der Waals surface area contributed by atoms with Gasteiger partial charge in [-0.25, -0.2) is 0 Å². The molecule has 0 aliphatic heterocycles. The normalized spacial score (nSPS) is 23.1. The Bertz CT molecular complexity index is 527. The smallest absolute Gasteiger partial charge is 0.163 e. The number of benzene rings is 1. The van der Waals surface area contributed by atoms with Gasteiger partial charge in [0.15, 0.2) is 6.29 Å². The van der Waals surface area contributed by atoms with Gasteiger partial charge in [0.05, 0.1) is 16.0 Å². The third-order valence-corrected chi connectivity index (χ3v) is 5.75. The molecule has 1 saturated carbocycles. The number of halogens is 4. The zero-order valence-electron chi connectivity index (χ0n) is 12.8. The third-order valence-electron chi connectivity index (χ3n) is 3.93. The average Bonchev–Trinajstić information content (AvgIpc) is 3.04. The van der Waals surface area contributed by atoms with Crippen molar-refractivity contribution >= 4 is 46.4 Å². The van der Waals surface area contributed by atoms with Crippen molar-refractivity contribution in [2.75, 3.05) is 13.2 Å². The van der Waals surface area contributed by atoms with E-state index in [0.717, 1.165) is 17.5 Å². The number of hydrogen-bond acceptors (Lipinski definition) is 2. The van der Waals surface area contributed by atoms with Crippen LogP contribution in [0.5, 0.6) is 0 Å². The first-order chi connectivity index (χ1) is 10.4. The van der Waals surface area contributed by atoms with Gasteiger partial charge in [-0.2, -0.15) is 0 Å². The van der Waals surface area contributed by atoms with E-state index >= 15 is 0 Å². The topological polar surface area (TPSA) is 18.5 Å². The van der Waals surface area contributed by atoms with Crippen molar-refractivity contribution < 1.29 is 9.47 Å². The second-order valence-corrected chi connectivity index (χ2v) is 7.52. The van der Waals surface area contributed by atoms with Crippen LogP contribution in [-0.4, -0.2) is 23.8 Å². The monoisotopic (exact) mass is 384 g/mol. The van der Waals surface area contributed by atoms with E-state index in [1.54, 1.807) is 0 Å². The van der Waals surface area contributed by atoms with Gasteiger partial charge >= 0.3 is 0 Å². The maximum atomic E-state index is 6.49. The van der Waals surface area contributed by atoms with Crippen LogP contribution in [0.4, 0.5) is 0 Å². The summed E-state index contributed by atoms with van der Waals surface area (Å²) in [7, 11) is 0. The molecule has 124 valence electrons. The van der Waals surface area contributed by atoms with Gasteiger partial charge < -0.3 is 9.47 Å². The summed E-state index contributed by atoms with van der Waals surface area (Å²) in [6.45, 7) is 6.95. The molecule has 2 unspecified atom stereocenters. The van der Waals surface area contributed by atoms with Crippen LogP contribution in [0.1, 0.15) is 37.8 Å². The molecule has 1 aliphatic carbocycles. The summed E-state index contributed by atoms with van der Waals surface area (Å²) in [6, 6.07) is 3.86. The van der Waals surface area contributed by atoms with E-state index in [-0.39, 0.29) is 11.8 Å². The molecule has 2 nitrogen and oxygen atoms in total. The zero-order chi connectivity index (χ0) is 16.5. The highest BCUT2D eigenvalue weighted by atomic mass is 35.5. The predicted octanol–water partition coefficient (Wildman–Crippen LogP) is 5.84. The van der Waals surface area contributed by atoms with Crippen molar-refractivity contribution in [2.24, 2.45) is 5.92 Å². The standard InChI is InChI=1S/C16H20Cl4O2/c1-4-9-7-10(8-11(17)14(9)18)12-13(16(12,19)20)15(21-5-2)22-6-3/h7-8,12-13,15H,4-6H2,1-3H3. The number of hydrogen-bond donors (Lipinski definition) is 0. The van der Waals surface area contributed by atoms with Crippen LogP contribution < -0.4 is 0 Å². The van der Waals surface area contributed by atoms with Gasteiger partial charge in [-0.15, -0.1) is 23.2 Å². The fourth-order valence-electron chi connectivity index (χ4n) is 2.81. The average molecular weight is 386 g/mol. The van der Waals surface area contributed by atoms with Gasteiger partial charge in [-0.05, 0) is 37.5 Å². The van der Waals surface area contributed by atoms with Crippen LogP contribution in [-0.2, 0) is 15.9 Å². The van der Waals surface area contributed by atoms with Crippen molar-refractivity contribution in [1.82, 2.24) is 0 Å². The first-order valence-electron chi connectivity index (χ1n) is 7.47. The largest absolute Gasteiger partial charge is 0.353 e. The first kappa shape index (κ1) is 18.6. The lowest BCUT2D eigenvalue weighted by Gasteiger charge is -2.17. The zero-order valence-corrected chi connectivity index (χ0v) is 15.9. The molecule has 1 fully saturated rings. The van der Waals surface area contributed by atoms with Gasteiger partial charge in [0.25, 0.3) is 0 Å². The molecule has 2 rings (SSSR count). The van der Waals surface area contributed by atoms with E-state index in [4.69, 9.17) is 55.9 Å². The molecule has 0 aromatic heterocycles. The number of aryl methyl sites for hydroxylation is 1. The minimum Gasteiger partial charge on any atom is -0.353 e. The number of rotatable bonds is 7. The highest BCUT2D eigenvalue weighted by molar-refractivity contribution is 6.52. The minimum atomic E-state index is -0.919. The van der Waals surface area contributed by atoms with Gasteiger partial charge in [0, 0.05) is 19.1 Å². The lowest BCUT2D eigenvalue weighted by atomic mass is 10.0. The van der Waals surface area contributed by atoms with E-state index in [9.17, 15) is 0 Å². The predicted molar refractivity (Wildman–Crippen MR) is 93.5 cm³/mol. The van der Waals surface area contributed by atoms with Crippen molar-refractivity contribution in [3.63, 3.8) is 0 Å². The van der Waals surface area contributed by atoms with Crippen molar-refractivity contribution in [2.45, 2.75) is 43.7 Å². The Morgan fingerprint density at radius 3 is 2.18 bits per heavy atom. The summed E-state index contributed by atoms with van der Waals surface area (Å²) >= 11 is 25.4. The van der Waals surface area contributed by atoms with Gasteiger partial charge in [-0.3, -0.25) is 0 Å². The van der Waals surface area contributed by atoms with Crippen LogP contribution in [0.25, 0.3) is 0 Å². The highest BCUT2D eigenvalue weighted by Crippen LogP contribution is 2.67. The summed E-state index contributed by atoms with van der Waals surface area (Å²) < 4.78 is 10.4. The molecule has 0 saturated heterocycles. The molecule has 0 bridgehead atoms. The first-order valence-corrected chi connectivity index (χ1v) is 8.98. The summed E-state index contributed by atoms with van der Waals surface area (Å²) in [5, 5.41) is 1.11. The Hall–Kier alpha value is 0.300. The van der Waals surface area contributed by atoms with Gasteiger partial charge in [0.1, 0.15) is 4.33 Å². The quantitative estimate of drug-likeness (QED) is 0.433. The van der Waals surface area contributed by atoms with Crippen molar-refractivity contribution in [1.29, 1.82) is 0 Å². The fourth-order valence-corrected chi connectivity index (χ4v) is 4.15. The van der Waals surface area contributed by atoms with Gasteiger partial charge in [-0.1, -0.05) is 36.2 Å². The van der Waals surface area contributed by atoms with E-state index < -0.39 is 10.6 Å². The summed E-state index contributed by atoms with van der Waals surface area (Å²) in [6.07, 6.45) is 0.372. The molecular formula is C16H20Cl4O2. The lowest BCUT2D eigenvalue weighted by Crippen LogP contribution is -2.22. The fraction of sp³-hybridized carbons (Fsp3) is 0.625. The molecule has 2 atom stereocenters. The molecule has 22 heavy (non-hydrogen) atoms. The number of alkyl halides is 2. The highest BCUT2D eigenvalue weighted by Gasteiger charge is 2.67. The van der Waals surface area contributed by atoms with Crippen LogP contribution in [0.15, 0.2) is 12.1 Å². The molecule has 0 N–H and O–H groups in total. The second kappa shape index (κ2) is 7.46. The summed E-state index contributed by atoms with van der Waals surface area (Å²) in [4.78, 5) is 0. The molecule has 0 heterocycles. The van der Waals surface area contributed by atoms with Crippen molar-refractivity contribution in [3.8, 4) is 0 Å². The van der Waals surface area contributed by atoms with Crippen molar-refractivity contribution in [3.05, 3.63) is 33.3 Å². The van der Waals surface area contributed by atoms with Crippen LogP contribution in [0.3, 0.4) is 0 Å². The Morgan fingerprint density at radius 1 is 1.09 bits per heavy atom. The molecule has 6 heteroatoms. The molecule has 1 aliphatic rings. The van der Waals surface area contributed by atoms with Crippen LogP contribution in [0.2, 0.25) is 10.0 Å². The van der Waals surface area contributed by atoms with E-state index in [2.05, 4.69) is 0 Å². The lowest BCUT2D eigenvalue weighted by molar-refractivity contribution is -0.149. The van der Waals surface area contributed by atoms with E-state index in [1.165, 1.54) is 0 Å². The Balaban J connectivity index is 2.31. The summed E-state index contributed by atoms with van der Waals surface area (Å²) in [5.41, 5.74) is 1.97. The third kappa shape index (κ3) is 3.53. The summed E-state index contributed by atoms with van der Waals surface area (Å²) in [5.74, 6) is -0.211. The van der Waals surface area contributed by atoms with Crippen LogP contribution >= 0.6 is 46.4 Å². The Kier molecular flexibility index (Phi) is 6.32. The molecule has 0 spiro atoms.